The van der Waals surface area contributed by atoms with E-state index in [4.69, 9.17) is 5.73 Å². The van der Waals surface area contributed by atoms with E-state index in [0.717, 1.165) is 19.5 Å². The normalized spacial score (nSPS) is 12.4. The molecule has 4 heteroatoms. The average molecular weight is 240 g/mol. The Morgan fingerprint density at radius 2 is 2.38 bits per heavy atom. The van der Waals surface area contributed by atoms with Crippen LogP contribution in [-0.4, -0.2) is 23.9 Å². The van der Waals surface area contributed by atoms with Crippen LogP contribution in [0, 0.1) is 5.92 Å². The van der Waals surface area contributed by atoms with Crippen LogP contribution in [0.2, 0.25) is 0 Å². The van der Waals surface area contributed by atoms with Crippen LogP contribution in [0.15, 0.2) is 17.5 Å². The Balaban J connectivity index is 2.56. The van der Waals surface area contributed by atoms with Crippen molar-refractivity contribution in [2.24, 2.45) is 11.7 Å². The summed E-state index contributed by atoms with van der Waals surface area (Å²) in [6.07, 6.45) is 0.764. The van der Waals surface area contributed by atoms with Crippen molar-refractivity contribution in [3.8, 4) is 0 Å². The Kier molecular flexibility index (Phi) is 5.49. The SMILES string of the molecule is CCN(Cc1cccs1)C(=O)C(C)CCN. The molecule has 0 bridgehead atoms. The number of carbonyl (C=O) groups excluding carboxylic acids is 1. The summed E-state index contributed by atoms with van der Waals surface area (Å²) in [5, 5.41) is 2.04. The van der Waals surface area contributed by atoms with E-state index in [1.54, 1.807) is 11.3 Å². The molecule has 16 heavy (non-hydrogen) atoms. The van der Waals surface area contributed by atoms with Crippen LogP contribution in [0.3, 0.4) is 0 Å². The Morgan fingerprint density at radius 3 is 2.88 bits per heavy atom. The van der Waals surface area contributed by atoms with Gasteiger partial charge in [-0.15, -0.1) is 11.3 Å². The maximum atomic E-state index is 12.1. The summed E-state index contributed by atoms with van der Waals surface area (Å²) in [6, 6.07) is 4.08. The molecule has 1 rings (SSSR count). The molecule has 0 spiro atoms. The number of nitrogens with zero attached hydrogens (tertiary/aromatic N) is 1. The van der Waals surface area contributed by atoms with Gasteiger partial charge in [-0.1, -0.05) is 13.0 Å². The molecular weight excluding hydrogens is 220 g/mol. The number of hydrogen-bond donors (Lipinski definition) is 1. The number of nitrogens with two attached hydrogens (primary N) is 1. The summed E-state index contributed by atoms with van der Waals surface area (Å²) >= 11 is 1.69. The smallest absolute Gasteiger partial charge is 0.225 e. The predicted octanol–water partition coefficient (Wildman–Crippen LogP) is 2.08. The Morgan fingerprint density at radius 1 is 1.62 bits per heavy atom. The van der Waals surface area contributed by atoms with Crippen molar-refractivity contribution in [2.75, 3.05) is 13.1 Å². The zero-order chi connectivity index (χ0) is 12.0. The standard InChI is InChI=1S/C12H20N2OS/c1-3-14(9-11-5-4-8-16-11)12(15)10(2)6-7-13/h4-5,8,10H,3,6-7,9,13H2,1-2H3. The molecule has 0 aliphatic heterocycles. The molecule has 0 fully saturated rings. The summed E-state index contributed by atoms with van der Waals surface area (Å²) < 4.78 is 0. The van der Waals surface area contributed by atoms with Crippen LogP contribution in [0.5, 0.6) is 0 Å². The second-order valence-corrected chi connectivity index (χ2v) is 4.94. The van der Waals surface area contributed by atoms with E-state index in [2.05, 4.69) is 6.07 Å². The molecule has 1 unspecified atom stereocenters. The fourth-order valence-electron chi connectivity index (χ4n) is 1.62. The quantitative estimate of drug-likeness (QED) is 0.827. The fourth-order valence-corrected chi connectivity index (χ4v) is 2.34. The number of carbonyl (C=O) groups is 1. The lowest BCUT2D eigenvalue weighted by molar-refractivity contribution is -0.135. The first-order chi connectivity index (χ1) is 7.69. The largest absolute Gasteiger partial charge is 0.338 e. The van der Waals surface area contributed by atoms with Gasteiger partial charge in [0.05, 0.1) is 6.54 Å². The number of thiophene rings is 1. The van der Waals surface area contributed by atoms with E-state index in [0.29, 0.717) is 6.54 Å². The van der Waals surface area contributed by atoms with Crippen molar-refractivity contribution in [2.45, 2.75) is 26.8 Å². The van der Waals surface area contributed by atoms with Gasteiger partial charge in [-0.05, 0) is 31.3 Å². The first-order valence-corrected chi connectivity index (χ1v) is 6.58. The molecule has 0 aliphatic rings. The summed E-state index contributed by atoms with van der Waals surface area (Å²) in [4.78, 5) is 15.2. The highest BCUT2D eigenvalue weighted by atomic mass is 32.1. The number of hydrogen-bond acceptors (Lipinski definition) is 3. The minimum atomic E-state index is 0.0323. The maximum Gasteiger partial charge on any atom is 0.225 e. The van der Waals surface area contributed by atoms with E-state index in [-0.39, 0.29) is 11.8 Å². The van der Waals surface area contributed by atoms with Crippen LogP contribution in [0.1, 0.15) is 25.1 Å². The van der Waals surface area contributed by atoms with Gasteiger partial charge in [0.1, 0.15) is 0 Å². The van der Waals surface area contributed by atoms with Gasteiger partial charge in [0, 0.05) is 17.3 Å². The third-order valence-electron chi connectivity index (χ3n) is 2.64. The van der Waals surface area contributed by atoms with Crippen LogP contribution in [0.25, 0.3) is 0 Å². The minimum absolute atomic E-state index is 0.0323. The molecule has 1 aromatic rings. The Labute approximate surface area is 101 Å². The van der Waals surface area contributed by atoms with Gasteiger partial charge in [0.15, 0.2) is 0 Å². The third kappa shape index (κ3) is 3.61. The number of amides is 1. The van der Waals surface area contributed by atoms with E-state index in [1.807, 2.05) is 30.2 Å². The van der Waals surface area contributed by atoms with Gasteiger partial charge < -0.3 is 10.6 Å². The van der Waals surface area contributed by atoms with E-state index in [9.17, 15) is 4.79 Å². The van der Waals surface area contributed by atoms with E-state index >= 15 is 0 Å². The summed E-state index contributed by atoms with van der Waals surface area (Å²) in [5.74, 6) is 0.242. The molecule has 0 aliphatic carbocycles. The van der Waals surface area contributed by atoms with E-state index < -0.39 is 0 Å². The molecule has 0 aromatic carbocycles. The number of rotatable bonds is 6. The van der Waals surface area contributed by atoms with Crippen LogP contribution in [0.4, 0.5) is 0 Å². The first-order valence-electron chi connectivity index (χ1n) is 5.70. The highest BCUT2D eigenvalue weighted by Crippen LogP contribution is 2.14. The molecular formula is C12H20N2OS. The predicted molar refractivity (Wildman–Crippen MR) is 68.2 cm³/mol. The van der Waals surface area contributed by atoms with Crippen molar-refractivity contribution in [1.29, 1.82) is 0 Å². The lowest BCUT2D eigenvalue weighted by Crippen LogP contribution is -2.35. The third-order valence-corrected chi connectivity index (χ3v) is 3.50. The van der Waals surface area contributed by atoms with Crippen molar-refractivity contribution in [3.05, 3.63) is 22.4 Å². The monoisotopic (exact) mass is 240 g/mol. The van der Waals surface area contributed by atoms with E-state index in [1.165, 1.54) is 4.88 Å². The van der Waals surface area contributed by atoms with Crippen LogP contribution in [-0.2, 0) is 11.3 Å². The summed E-state index contributed by atoms with van der Waals surface area (Å²) in [6.45, 7) is 6.02. The Bertz CT molecular complexity index is 311. The minimum Gasteiger partial charge on any atom is -0.338 e. The van der Waals surface area contributed by atoms with Gasteiger partial charge in [-0.25, -0.2) is 0 Å². The molecule has 90 valence electrons. The lowest BCUT2D eigenvalue weighted by Gasteiger charge is -2.23. The maximum absolute atomic E-state index is 12.1. The summed E-state index contributed by atoms with van der Waals surface area (Å²) in [5.41, 5.74) is 5.48. The molecule has 0 radical (unpaired) electrons. The van der Waals surface area contributed by atoms with Gasteiger partial charge in [0.2, 0.25) is 5.91 Å². The molecule has 1 heterocycles. The molecule has 1 atom stereocenters. The van der Waals surface area contributed by atoms with Gasteiger partial charge in [-0.2, -0.15) is 0 Å². The van der Waals surface area contributed by atoms with Crippen LogP contribution >= 0.6 is 11.3 Å². The topological polar surface area (TPSA) is 46.3 Å². The molecule has 3 nitrogen and oxygen atoms in total. The highest BCUT2D eigenvalue weighted by molar-refractivity contribution is 7.09. The first kappa shape index (κ1) is 13.2. The second-order valence-electron chi connectivity index (χ2n) is 3.91. The second kappa shape index (κ2) is 6.66. The zero-order valence-electron chi connectivity index (χ0n) is 9.98. The molecule has 0 saturated carbocycles. The zero-order valence-corrected chi connectivity index (χ0v) is 10.8. The van der Waals surface area contributed by atoms with Gasteiger partial charge >= 0.3 is 0 Å². The molecule has 1 aromatic heterocycles. The van der Waals surface area contributed by atoms with Gasteiger partial charge in [-0.3, -0.25) is 4.79 Å². The molecule has 0 saturated heterocycles. The average Bonchev–Trinajstić information content (AvgIpc) is 2.78. The van der Waals surface area contributed by atoms with Crippen LogP contribution < -0.4 is 5.73 Å². The van der Waals surface area contributed by atoms with Crippen molar-refractivity contribution < 1.29 is 4.79 Å². The molecule has 1 amide bonds. The van der Waals surface area contributed by atoms with Crippen molar-refractivity contribution >= 4 is 17.2 Å². The Hall–Kier alpha value is -0.870. The fraction of sp³-hybridized carbons (Fsp3) is 0.583. The van der Waals surface area contributed by atoms with Gasteiger partial charge in [0.25, 0.3) is 0 Å². The molecule has 2 N–H and O–H groups in total. The van der Waals surface area contributed by atoms with Crippen molar-refractivity contribution in [3.63, 3.8) is 0 Å². The van der Waals surface area contributed by atoms with Crippen molar-refractivity contribution in [1.82, 2.24) is 4.90 Å². The highest BCUT2D eigenvalue weighted by Gasteiger charge is 2.18. The summed E-state index contributed by atoms with van der Waals surface area (Å²) in [7, 11) is 0. The lowest BCUT2D eigenvalue weighted by atomic mass is 10.1.